The molecule has 4 nitrogen and oxygen atoms in total. The van der Waals surface area contributed by atoms with Crippen LogP contribution in [0.4, 0.5) is 13.2 Å². The number of nitrogens with zero attached hydrogens (tertiary/aromatic N) is 3. The third kappa shape index (κ3) is 3.24. The normalized spacial score (nSPS) is 10.9. The molecule has 0 radical (unpaired) electrons. The molecule has 0 saturated carbocycles. The zero-order chi connectivity index (χ0) is 14.8. The quantitative estimate of drug-likeness (QED) is 0.829. The average Bonchev–Trinajstić information content (AvgIpc) is 2.37. The lowest BCUT2D eigenvalue weighted by Gasteiger charge is -2.10. The predicted molar refractivity (Wildman–Crippen MR) is 66.0 cm³/mol. The standard InChI is InChI=1S/C12H5BrF3N3O/c13-8-3-9(6-18-5-8)20-11-7(4-17)1-2-10(19-11)12(14,15)16/h1-3,5-6H. The van der Waals surface area contributed by atoms with Gasteiger partial charge in [0.1, 0.15) is 23.1 Å². The van der Waals surface area contributed by atoms with Crippen molar-refractivity contribution in [3.63, 3.8) is 0 Å². The van der Waals surface area contributed by atoms with Crippen LogP contribution in [-0.2, 0) is 6.18 Å². The first-order valence-corrected chi connectivity index (χ1v) is 5.96. The topological polar surface area (TPSA) is 58.8 Å². The van der Waals surface area contributed by atoms with E-state index in [0.29, 0.717) is 4.47 Å². The van der Waals surface area contributed by atoms with Gasteiger partial charge in [-0.2, -0.15) is 18.4 Å². The Morgan fingerprint density at radius 1 is 1.25 bits per heavy atom. The van der Waals surface area contributed by atoms with Crippen LogP contribution in [0.15, 0.2) is 35.1 Å². The predicted octanol–water partition coefficient (Wildman–Crippen LogP) is 3.92. The Hall–Kier alpha value is -2.14. The van der Waals surface area contributed by atoms with E-state index in [1.165, 1.54) is 18.5 Å². The van der Waals surface area contributed by atoms with Gasteiger partial charge in [0.25, 0.3) is 0 Å². The number of pyridine rings is 2. The minimum Gasteiger partial charge on any atom is -0.436 e. The van der Waals surface area contributed by atoms with Crippen molar-refractivity contribution in [1.82, 2.24) is 9.97 Å². The van der Waals surface area contributed by atoms with Gasteiger partial charge in [-0.05, 0) is 34.1 Å². The monoisotopic (exact) mass is 343 g/mol. The molecule has 2 aromatic heterocycles. The molecule has 0 aromatic carbocycles. The van der Waals surface area contributed by atoms with Gasteiger partial charge in [-0.15, -0.1) is 0 Å². The molecule has 0 unspecified atom stereocenters. The van der Waals surface area contributed by atoms with Crippen LogP contribution in [-0.4, -0.2) is 9.97 Å². The van der Waals surface area contributed by atoms with Gasteiger partial charge < -0.3 is 4.74 Å². The van der Waals surface area contributed by atoms with Crippen molar-refractivity contribution < 1.29 is 17.9 Å². The minimum atomic E-state index is -4.61. The van der Waals surface area contributed by atoms with Gasteiger partial charge in [0.15, 0.2) is 0 Å². The van der Waals surface area contributed by atoms with E-state index in [-0.39, 0.29) is 11.3 Å². The summed E-state index contributed by atoms with van der Waals surface area (Å²) in [5.74, 6) is -0.245. The molecule has 0 spiro atoms. The second kappa shape index (κ2) is 5.46. The van der Waals surface area contributed by atoms with Crippen molar-refractivity contribution in [2.45, 2.75) is 6.18 Å². The van der Waals surface area contributed by atoms with Crippen LogP contribution in [0.5, 0.6) is 11.6 Å². The third-order valence-electron chi connectivity index (χ3n) is 2.17. The number of hydrogen-bond donors (Lipinski definition) is 0. The lowest BCUT2D eigenvalue weighted by Crippen LogP contribution is -2.09. The Balaban J connectivity index is 2.42. The third-order valence-corrected chi connectivity index (χ3v) is 2.60. The summed E-state index contributed by atoms with van der Waals surface area (Å²) in [7, 11) is 0. The molecule has 0 aliphatic carbocycles. The van der Waals surface area contributed by atoms with Crippen molar-refractivity contribution >= 4 is 15.9 Å². The van der Waals surface area contributed by atoms with Crippen LogP contribution >= 0.6 is 15.9 Å². The number of ether oxygens (including phenoxy) is 1. The summed E-state index contributed by atoms with van der Waals surface area (Å²) in [5, 5.41) is 8.87. The first-order valence-electron chi connectivity index (χ1n) is 5.17. The smallest absolute Gasteiger partial charge is 0.433 e. The van der Waals surface area contributed by atoms with Crippen molar-refractivity contribution in [2.75, 3.05) is 0 Å². The fourth-order valence-electron chi connectivity index (χ4n) is 1.32. The minimum absolute atomic E-state index is 0.0991. The summed E-state index contributed by atoms with van der Waals surface area (Å²) in [5.41, 5.74) is -1.23. The number of aromatic nitrogens is 2. The molecule has 2 rings (SSSR count). The highest BCUT2D eigenvalue weighted by Crippen LogP contribution is 2.31. The molecule has 0 N–H and O–H groups in total. The summed E-state index contributed by atoms with van der Waals surface area (Å²) >= 11 is 3.15. The molecule has 0 saturated heterocycles. The Bertz CT molecular complexity index is 682. The lowest BCUT2D eigenvalue weighted by atomic mass is 10.2. The maximum absolute atomic E-state index is 12.6. The molecular weight excluding hydrogens is 339 g/mol. The fourth-order valence-corrected chi connectivity index (χ4v) is 1.66. The Morgan fingerprint density at radius 2 is 2.00 bits per heavy atom. The van der Waals surface area contributed by atoms with Gasteiger partial charge >= 0.3 is 6.18 Å². The molecule has 0 aliphatic heterocycles. The molecule has 2 heterocycles. The SMILES string of the molecule is N#Cc1ccc(C(F)(F)F)nc1Oc1cncc(Br)c1. The molecule has 0 bridgehead atoms. The highest BCUT2D eigenvalue weighted by atomic mass is 79.9. The second-order valence-electron chi connectivity index (χ2n) is 3.60. The van der Waals surface area contributed by atoms with Crippen LogP contribution in [0, 0.1) is 11.3 Å². The maximum atomic E-state index is 12.6. The van der Waals surface area contributed by atoms with Crippen LogP contribution in [0.25, 0.3) is 0 Å². The van der Waals surface area contributed by atoms with E-state index < -0.39 is 17.8 Å². The molecule has 0 aliphatic rings. The molecule has 2 aromatic rings. The van der Waals surface area contributed by atoms with Crippen molar-refractivity contribution in [1.29, 1.82) is 5.26 Å². The largest absolute Gasteiger partial charge is 0.436 e. The first kappa shape index (κ1) is 14.3. The maximum Gasteiger partial charge on any atom is 0.433 e. The van der Waals surface area contributed by atoms with E-state index in [1.807, 2.05) is 0 Å². The van der Waals surface area contributed by atoms with Gasteiger partial charge in [0, 0.05) is 10.7 Å². The molecule has 0 atom stereocenters. The molecule has 0 fully saturated rings. The summed E-state index contributed by atoms with van der Waals surface area (Å²) in [4.78, 5) is 7.13. The van der Waals surface area contributed by atoms with Crippen molar-refractivity contribution in [2.24, 2.45) is 0 Å². The van der Waals surface area contributed by atoms with Crippen LogP contribution in [0.1, 0.15) is 11.3 Å². The van der Waals surface area contributed by atoms with Gasteiger partial charge in [-0.1, -0.05) is 0 Å². The number of alkyl halides is 3. The lowest BCUT2D eigenvalue weighted by molar-refractivity contribution is -0.141. The van der Waals surface area contributed by atoms with Gasteiger partial charge in [-0.25, -0.2) is 4.98 Å². The van der Waals surface area contributed by atoms with E-state index in [1.54, 1.807) is 6.07 Å². The van der Waals surface area contributed by atoms with E-state index >= 15 is 0 Å². The number of rotatable bonds is 2. The number of hydrogen-bond acceptors (Lipinski definition) is 4. The Morgan fingerprint density at radius 3 is 2.60 bits per heavy atom. The molecule has 20 heavy (non-hydrogen) atoms. The van der Waals surface area contributed by atoms with Crippen molar-refractivity contribution in [3.05, 3.63) is 46.3 Å². The van der Waals surface area contributed by atoms with E-state index in [0.717, 1.165) is 12.1 Å². The highest BCUT2D eigenvalue weighted by molar-refractivity contribution is 9.10. The van der Waals surface area contributed by atoms with E-state index in [2.05, 4.69) is 25.9 Å². The first-order chi connectivity index (χ1) is 9.40. The zero-order valence-corrected chi connectivity index (χ0v) is 11.2. The Labute approximate surface area is 120 Å². The van der Waals surface area contributed by atoms with Crippen molar-refractivity contribution in [3.8, 4) is 17.7 Å². The summed E-state index contributed by atoms with van der Waals surface area (Å²) in [6.07, 6.45) is -1.83. The van der Waals surface area contributed by atoms with Gasteiger partial charge in [0.05, 0.1) is 6.20 Å². The fraction of sp³-hybridized carbons (Fsp3) is 0.0833. The van der Waals surface area contributed by atoms with Crippen LogP contribution in [0.3, 0.4) is 0 Å². The molecule has 0 amide bonds. The molecular formula is C12H5BrF3N3O. The van der Waals surface area contributed by atoms with E-state index in [9.17, 15) is 13.2 Å². The zero-order valence-electron chi connectivity index (χ0n) is 9.65. The Kier molecular flexibility index (Phi) is 3.90. The van der Waals surface area contributed by atoms with E-state index in [4.69, 9.17) is 10.00 Å². The summed E-state index contributed by atoms with van der Waals surface area (Å²) in [6, 6.07) is 4.96. The van der Waals surface area contributed by atoms with Gasteiger partial charge in [-0.3, -0.25) is 4.98 Å². The summed E-state index contributed by atoms with van der Waals surface area (Å²) in [6.45, 7) is 0. The molecule has 102 valence electrons. The number of halogens is 4. The average molecular weight is 344 g/mol. The summed E-state index contributed by atoms with van der Waals surface area (Å²) < 4.78 is 43.5. The molecule has 8 heteroatoms. The second-order valence-corrected chi connectivity index (χ2v) is 4.52. The van der Waals surface area contributed by atoms with Gasteiger partial charge in [0.2, 0.25) is 5.88 Å². The highest BCUT2D eigenvalue weighted by Gasteiger charge is 2.33. The number of nitriles is 1. The van der Waals surface area contributed by atoms with Crippen LogP contribution < -0.4 is 4.74 Å². The van der Waals surface area contributed by atoms with Crippen LogP contribution in [0.2, 0.25) is 0 Å².